The standard InChI is InChI=1S/C3H4N2.F6P/c1-2-4-5-3-1;1-7(2,3,4,5)6/h1-3H,(H,4,5);/q;-1/p+1. The molecule has 0 aliphatic rings. The molecule has 0 amide bonds. The Balaban J connectivity index is 0. The van der Waals surface area contributed by atoms with Crippen molar-refractivity contribution in [3.05, 3.63) is 18.5 Å². The molecule has 1 aromatic rings. The molecular formula is C3H5F6N2P. The summed E-state index contributed by atoms with van der Waals surface area (Å²) in [5.41, 5.74) is 0. The van der Waals surface area contributed by atoms with Crippen LogP contribution in [0.5, 0.6) is 0 Å². The number of hydrogen-bond donors (Lipinski definition) is 1. The fourth-order valence-electron chi connectivity index (χ4n) is 0.215. The average Bonchev–Trinajstić information content (AvgIpc) is 2.00. The van der Waals surface area contributed by atoms with E-state index in [1.54, 1.807) is 12.4 Å². The summed E-state index contributed by atoms with van der Waals surface area (Å²) in [6.45, 7) is 0. The molecule has 0 fully saturated rings. The summed E-state index contributed by atoms with van der Waals surface area (Å²) in [6.07, 6.45) is 3.46. The van der Waals surface area contributed by atoms with Gasteiger partial charge in [-0.25, -0.2) is 0 Å². The van der Waals surface area contributed by atoms with Crippen molar-refractivity contribution in [1.82, 2.24) is 10.2 Å². The molecule has 0 saturated carbocycles. The molecule has 0 saturated heterocycles. The van der Waals surface area contributed by atoms with Crippen LogP contribution in [0, 0.1) is 0 Å². The van der Waals surface area contributed by atoms with Crippen LogP contribution in [0.3, 0.4) is 0 Å². The fourth-order valence-corrected chi connectivity index (χ4v) is 0.215. The number of hydrogen-bond acceptors (Lipinski definition) is 1. The normalized spacial score (nSPS) is 16.8. The van der Waals surface area contributed by atoms with Gasteiger partial charge in [-0.2, -0.15) is 5.10 Å². The van der Waals surface area contributed by atoms with Gasteiger partial charge in [-0.15, -0.1) is 0 Å². The topological polar surface area (TPSA) is 28.7 Å². The van der Waals surface area contributed by atoms with Crippen molar-refractivity contribution in [2.24, 2.45) is 0 Å². The first-order valence-corrected chi connectivity index (χ1v) is 4.48. The predicted molar refractivity (Wildman–Crippen MR) is 33.3 cm³/mol. The van der Waals surface area contributed by atoms with E-state index in [0.717, 1.165) is 0 Å². The molecule has 0 aliphatic carbocycles. The van der Waals surface area contributed by atoms with Gasteiger partial charge in [-0.05, 0) is 6.07 Å². The largest absolute Gasteiger partial charge is 1.00 e. The van der Waals surface area contributed by atoms with Crippen LogP contribution in [0.2, 0.25) is 0 Å². The van der Waals surface area contributed by atoms with E-state index in [-0.39, 0.29) is 1.43 Å². The van der Waals surface area contributed by atoms with Crippen LogP contribution in [0.25, 0.3) is 0 Å². The second-order valence-electron chi connectivity index (χ2n) is 1.72. The molecule has 0 unspecified atom stereocenters. The van der Waals surface area contributed by atoms with E-state index in [1.807, 2.05) is 6.07 Å². The second kappa shape index (κ2) is 2.35. The number of H-pyrrole nitrogens is 1. The smallest absolute Gasteiger partial charge is 0.286 e. The second-order valence-corrected chi connectivity index (χ2v) is 3.64. The van der Waals surface area contributed by atoms with Gasteiger partial charge in [0.15, 0.2) is 0 Å². The zero-order valence-electron chi connectivity index (χ0n) is 6.39. The van der Waals surface area contributed by atoms with Crippen LogP contribution in [-0.4, -0.2) is 10.2 Å². The Labute approximate surface area is 64.3 Å². The molecule has 2 nitrogen and oxygen atoms in total. The molecule has 0 spiro atoms. The van der Waals surface area contributed by atoms with Crippen molar-refractivity contribution >= 4 is 7.81 Å². The van der Waals surface area contributed by atoms with Crippen LogP contribution < -0.4 is 0 Å². The van der Waals surface area contributed by atoms with Gasteiger partial charge in [0.05, 0.1) is 0 Å². The first-order valence-electron chi connectivity index (χ1n) is 2.45. The van der Waals surface area contributed by atoms with E-state index in [9.17, 15) is 25.2 Å². The summed E-state index contributed by atoms with van der Waals surface area (Å²) in [5.74, 6) is 0. The van der Waals surface area contributed by atoms with Crippen molar-refractivity contribution in [1.29, 1.82) is 0 Å². The van der Waals surface area contributed by atoms with Gasteiger partial charge in [0.1, 0.15) is 0 Å². The van der Waals surface area contributed by atoms with E-state index in [4.69, 9.17) is 0 Å². The molecule has 74 valence electrons. The molecule has 0 aromatic carbocycles. The first-order chi connectivity index (χ1) is 4.95. The Morgan fingerprint density at radius 2 is 1.50 bits per heavy atom. The molecule has 1 rings (SSSR count). The Kier molecular flexibility index (Phi) is 2.20. The fraction of sp³-hybridized carbons (Fsp3) is 0. The third-order valence-corrected chi connectivity index (χ3v) is 0.406. The Hall–Kier alpha value is -0.780. The van der Waals surface area contributed by atoms with Gasteiger partial charge in [0.2, 0.25) is 0 Å². The van der Waals surface area contributed by atoms with Gasteiger partial charge in [0.25, 0.3) is 0 Å². The summed E-state index contributed by atoms with van der Waals surface area (Å²) < 4.78 is 59.2. The molecule has 0 bridgehead atoms. The van der Waals surface area contributed by atoms with E-state index in [2.05, 4.69) is 10.2 Å². The van der Waals surface area contributed by atoms with Gasteiger partial charge in [-0.3, -0.25) is 5.10 Å². The van der Waals surface area contributed by atoms with Crippen LogP contribution in [0.4, 0.5) is 25.2 Å². The van der Waals surface area contributed by atoms with E-state index in [1.165, 1.54) is 0 Å². The third-order valence-electron chi connectivity index (χ3n) is 0.406. The summed E-state index contributed by atoms with van der Waals surface area (Å²) in [6, 6.07) is 1.83. The summed E-state index contributed by atoms with van der Waals surface area (Å²) in [5, 5.41) is 6.21. The number of halogens is 6. The summed E-state index contributed by atoms with van der Waals surface area (Å²) >= 11 is 0. The third kappa shape index (κ3) is 35.0. The minimum atomic E-state index is -10.7. The Morgan fingerprint density at radius 3 is 1.58 bits per heavy atom. The van der Waals surface area contributed by atoms with Crippen LogP contribution >= 0.6 is 7.81 Å². The maximum atomic E-state index is 9.87. The minimum absolute atomic E-state index is 0. The van der Waals surface area contributed by atoms with Crippen molar-refractivity contribution in [2.45, 2.75) is 0 Å². The van der Waals surface area contributed by atoms with Crippen molar-refractivity contribution in [2.75, 3.05) is 0 Å². The number of nitrogens with zero attached hydrogens (tertiary/aromatic N) is 1. The van der Waals surface area contributed by atoms with E-state index < -0.39 is 7.81 Å². The zero-order chi connectivity index (χ0) is 9.94. The van der Waals surface area contributed by atoms with Gasteiger partial charge in [-0.1, -0.05) is 0 Å². The Bertz CT molecular complexity index is 197. The van der Waals surface area contributed by atoms with Crippen LogP contribution in [0.1, 0.15) is 1.43 Å². The molecule has 0 radical (unpaired) electrons. The monoisotopic (exact) mass is 214 g/mol. The van der Waals surface area contributed by atoms with Crippen molar-refractivity contribution in [3.63, 3.8) is 0 Å². The quantitative estimate of drug-likeness (QED) is 0.514. The minimum Gasteiger partial charge on any atom is -0.286 e. The summed E-state index contributed by atoms with van der Waals surface area (Å²) in [7, 11) is -10.7. The van der Waals surface area contributed by atoms with Gasteiger partial charge in [0, 0.05) is 12.4 Å². The van der Waals surface area contributed by atoms with E-state index >= 15 is 0 Å². The van der Waals surface area contributed by atoms with Crippen LogP contribution in [0.15, 0.2) is 18.5 Å². The number of aromatic amines is 1. The Morgan fingerprint density at radius 1 is 1.08 bits per heavy atom. The van der Waals surface area contributed by atoms with Crippen molar-refractivity contribution in [3.8, 4) is 0 Å². The van der Waals surface area contributed by atoms with Crippen LogP contribution in [-0.2, 0) is 0 Å². The van der Waals surface area contributed by atoms with Crippen molar-refractivity contribution < 1.29 is 26.6 Å². The average molecular weight is 214 g/mol. The first kappa shape index (κ1) is 11.2. The number of rotatable bonds is 0. The SMILES string of the molecule is F[P-](F)(F)(F)(F)F.[H+].c1cn[nH]c1. The van der Waals surface area contributed by atoms with Gasteiger partial charge < -0.3 is 0 Å². The maximum absolute atomic E-state index is 10.7. The zero-order valence-corrected chi connectivity index (χ0v) is 6.29. The predicted octanol–water partition coefficient (Wildman–Crippen LogP) is 3.90. The molecule has 12 heavy (non-hydrogen) atoms. The molecule has 1 N–H and O–H groups in total. The number of nitrogens with one attached hydrogen (secondary N) is 1. The molecule has 1 aromatic heterocycles. The number of aromatic nitrogens is 2. The van der Waals surface area contributed by atoms with E-state index in [0.29, 0.717) is 0 Å². The molecule has 0 atom stereocenters. The molecular weight excluding hydrogens is 209 g/mol. The molecule has 9 heteroatoms. The van der Waals surface area contributed by atoms with Gasteiger partial charge >= 0.3 is 34.4 Å². The molecule has 0 aliphatic heterocycles. The maximum Gasteiger partial charge on any atom is 1.00 e. The summed E-state index contributed by atoms with van der Waals surface area (Å²) in [4.78, 5) is 0. The molecule has 1 heterocycles.